The van der Waals surface area contributed by atoms with Gasteiger partial charge in [0.25, 0.3) is 0 Å². The standard InChI is InChI=1S/C12H14O/c1-8-6-9(2)12-7-10(13-3)4-5-11(8)12/h4-8H,1-3H3. The van der Waals surface area contributed by atoms with Gasteiger partial charge in [0, 0.05) is 5.92 Å². The number of rotatable bonds is 1. The molecule has 0 radical (unpaired) electrons. The number of ether oxygens (including phenoxy) is 1. The maximum Gasteiger partial charge on any atom is 0.119 e. The molecular weight excluding hydrogens is 160 g/mol. The lowest BCUT2D eigenvalue weighted by atomic mass is 10.0. The second-order valence-corrected chi connectivity index (χ2v) is 3.59. The van der Waals surface area contributed by atoms with E-state index in [1.54, 1.807) is 7.11 Å². The average Bonchev–Trinajstić information content (AvgIpc) is 2.42. The van der Waals surface area contributed by atoms with Crippen molar-refractivity contribution in [2.45, 2.75) is 19.8 Å². The predicted molar refractivity (Wildman–Crippen MR) is 55.1 cm³/mol. The Hall–Kier alpha value is -1.24. The molecule has 1 heteroatoms. The van der Waals surface area contributed by atoms with Crippen LogP contribution in [0.2, 0.25) is 0 Å². The van der Waals surface area contributed by atoms with E-state index in [4.69, 9.17) is 4.74 Å². The van der Waals surface area contributed by atoms with Crippen LogP contribution in [0.15, 0.2) is 24.3 Å². The maximum absolute atomic E-state index is 5.20. The molecule has 0 N–H and O–H groups in total. The van der Waals surface area contributed by atoms with Gasteiger partial charge in [0.2, 0.25) is 0 Å². The summed E-state index contributed by atoms with van der Waals surface area (Å²) < 4.78 is 5.20. The number of hydrogen-bond donors (Lipinski definition) is 0. The SMILES string of the molecule is COc1ccc2c(c1)C(C)=CC2C. The summed E-state index contributed by atoms with van der Waals surface area (Å²) in [4.78, 5) is 0. The van der Waals surface area contributed by atoms with Gasteiger partial charge in [-0.1, -0.05) is 19.1 Å². The minimum absolute atomic E-state index is 0.556. The molecule has 1 nitrogen and oxygen atoms in total. The summed E-state index contributed by atoms with van der Waals surface area (Å²) >= 11 is 0. The van der Waals surface area contributed by atoms with E-state index in [0.29, 0.717) is 5.92 Å². The van der Waals surface area contributed by atoms with E-state index in [0.717, 1.165) is 5.75 Å². The van der Waals surface area contributed by atoms with Crippen LogP contribution in [0.4, 0.5) is 0 Å². The zero-order valence-corrected chi connectivity index (χ0v) is 8.29. The molecule has 0 spiro atoms. The van der Waals surface area contributed by atoms with Gasteiger partial charge < -0.3 is 4.74 Å². The number of benzene rings is 1. The van der Waals surface area contributed by atoms with Crippen LogP contribution in [0.3, 0.4) is 0 Å². The van der Waals surface area contributed by atoms with Crippen LogP contribution in [-0.4, -0.2) is 7.11 Å². The van der Waals surface area contributed by atoms with Crippen LogP contribution in [0, 0.1) is 0 Å². The molecule has 0 bridgehead atoms. The average molecular weight is 174 g/mol. The molecule has 68 valence electrons. The van der Waals surface area contributed by atoms with Gasteiger partial charge in [0.15, 0.2) is 0 Å². The summed E-state index contributed by atoms with van der Waals surface area (Å²) in [6.07, 6.45) is 2.30. The normalized spacial score (nSPS) is 19.6. The Kier molecular flexibility index (Phi) is 1.87. The van der Waals surface area contributed by atoms with Crippen molar-refractivity contribution in [3.8, 4) is 5.75 Å². The van der Waals surface area contributed by atoms with E-state index >= 15 is 0 Å². The fourth-order valence-corrected chi connectivity index (χ4v) is 1.96. The molecule has 2 rings (SSSR count). The molecule has 0 fully saturated rings. The molecule has 0 aliphatic heterocycles. The molecule has 0 saturated heterocycles. The van der Waals surface area contributed by atoms with E-state index in [-0.39, 0.29) is 0 Å². The van der Waals surface area contributed by atoms with Crippen molar-refractivity contribution in [3.63, 3.8) is 0 Å². The minimum Gasteiger partial charge on any atom is -0.497 e. The first-order valence-corrected chi connectivity index (χ1v) is 4.59. The Labute approximate surface area is 79.0 Å². The number of allylic oxidation sites excluding steroid dienone is 2. The number of methoxy groups -OCH3 is 1. The Morgan fingerprint density at radius 3 is 2.77 bits per heavy atom. The van der Waals surface area contributed by atoms with Crippen LogP contribution in [0.1, 0.15) is 30.9 Å². The number of hydrogen-bond acceptors (Lipinski definition) is 1. The largest absolute Gasteiger partial charge is 0.497 e. The maximum atomic E-state index is 5.20. The highest BCUT2D eigenvalue weighted by atomic mass is 16.5. The second kappa shape index (κ2) is 2.91. The van der Waals surface area contributed by atoms with Gasteiger partial charge in [0.05, 0.1) is 7.11 Å². The Morgan fingerprint density at radius 1 is 1.31 bits per heavy atom. The lowest BCUT2D eigenvalue weighted by Gasteiger charge is -2.07. The molecule has 1 aromatic rings. The zero-order valence-electron chi connectivity index (χ0n) is 8.29. The quantitative estimate of drug-likeness (QED) is 0.635. The van der Waals surface area contributed by atoms with Crippen LogP contribution in [-0.2, 0) is 0 Å². The fourth-order valence-electron chi connectivity index (χ4n) is 1.96. The molecular formula is C12H14O. The molecule has 0 heterocycles. The summed E-state index contributed by atoms with van der Waals surface area (Å²) in [5.74, 6) is 1.50. The molecule has 0 aromatic heterocycles. The molecule has 13 heavy (non-hydrogen) atoms. The van der Waals surface area contributed by atoms with Crippen LogP contribution >= 0.6 is 0 Å². The van der Waals surface area contributed by atoms with E-state index in [1.807, 2.05) is 6.07 Å². The Balaban J connectivity index is 2.53. The van der Waals surface area contributed by atoms with Crippen LogP contribution < -0.4 is 4.74 Å². The summed E-state index contributed by atoms with van der Waals surface area (Å²) in [5, 5.41) is 0. The number of fused-ring (bicyclic) bond motifs is 1. The topological polar surface area (TPSA) is 9.23 Å². The highest BCUT2D eigenvalue weighted by molar-refractivity contribution is 5.74. The van der Waals surface area contributed by atoms with Gasteiger partial charge in [-0.15, -0.1) is 0 Å². The first-order chi connectivity index (χ1) is 6.22. The van der Waals surface area contributed by atoms with E-state index in [1.165, 1.54) is 16.7 Å². The highest BCUT2D eigenvalue weighted by Gasteiger charge is 2.17. The van der Waals surface area contributed by atoms with Crippen molar-refractivity contribution >= 4 is 5.57 Å². The minimum atomic E-state index is 0.556. The first kappa shape index (κ1) is 8.36. The van der Waals surface area contributed by atoms with Gasteiger partial charge >= 0.3 is 0 Å². The van der Waals surface area contributed by atoms with Crippen molar-refractivity contribution in [3.05, 3.63) is 35.4 Å². The lowest BCUT2D eigenvalue weighted by molar-refractivity contribution is 0.414. The van der Waals surface area contributed by atoms with Crippen LogP contribution in [0.5, 0.6) is 5.75 Å². The zero-order chi connectivity index (χ0) is 9.42. The molecule has 1 aliphatic carbocycles. The lowest BCUT2D eigenvalue weighted by Crippen LogP contribution is -1.89. The van der Waals surface area contributed by atoms with Crippen molar-refractivity contribution in [1.29, 1.82) is 0 Å². The third-order valence-corrected chi connectivity index (χ3v) is 2.68. The second-order valence-electron chi connectivity index (χ2n) is 3.59. The van der Waals surface area contributed by atoms with Gasteiger partial charge in [-0.25, -0.2) is 0 Å². The molecule has 0 amide bonds. The first-order valence-electron chi connectivity index (χ1n) is 4.59. The third kappa shape index (κ3) is 1.24. The third-order valence-electron chi connectivity index (χ3n) is 2.68. The molecule has 1 atom stereocenters. The van der Waals surface area contributed by atoms with E-state index < -0.39 is 0 Å². The predicted octanol–water partition coefficient (Wildman–Crippen LogP) is 3.22. The fraction of sp³-hybridized carbons (Fsp3) is 0.333. The molecule has 0 saturated carbocycles. The van der Waals surface area contributed by atoms with Crippen molar-refractivity contribution in [2.75, 3.05) is 7.11 Å². The summed E-state index contributed by atoms with van der Waals surface area (Å²) in [6, 6.07) is 6.30. The monoisotopic (exact) mass is 174 g/mol. The Bertz CT molecular complexity index is 363. The smallest absolute Gasteiger partial charge is 0.119 e. The summed E-state index contributed by atoms with van der Waals surface area (Å²) in [6.45, 7) is 4.38. The van der Waals surface area contributed by atoms with Gasteiger partial charge in [-0.3, -0.25) is 0 Å². The van der Waals surface area contributed by atoms with Crippen LogP contribution in [0.25, 0.3) is 5.57 Å². The van der Waals surface area contributed by atoms with Crippen molar-refractivity contribution in [1.82, 2.24) is 0 Å². The van der Waals surface area contributed by atoms with Crippen molar-refractivity contribution in [2.24, 2.45) is 0 Å². The van der Waals surface area contributed by atoms with Gasteiger partial charge in [0.1, 0.15) is 5.75 Å². The highest BCUT2D eigenvalue weighted by Crippen LogP contribution is 2.36. The molecule has 1 unspecified atom stereocenters. The summed E-state index contributed by atoms with van der Waals surface area (Å²) in [7, 11) is 1.71. The Morgan fingerprint density at radius 2 is 2.08 bits per heavy atom. The van der Waals surface area contributed by atoms with E-state index in [9.17, 15) is 0 Å². The molecule has 1 aromatic carbocycles. The molecule has 1 aliphatic rings. The summed E-state index contributed by atoms with van der Waals surface area (Å²) in [5.41, 5.74) is 4.12. The van der Waals surface area contributed by atoms with Gasteiger partial charge in [-0.2, -0.15) is 0 Å². The van der Waals surface area contributed by atoms with E-state index in [2.05, 4.69) is 32.1 Å². The van der Waals surface area contributed by atoms with Crippen molar-refractivity contribution < 1.29 is 4.74 Å². The van der Waals surface area contributed by atoms with Gasteiger partial charge in [-0.05, 0) is 35.8 Å².